The van der Waals surface area contributed by atoms with Gasteiger partial charge in [-0.3, -0.25) is 9.79 Å². The van der Waals surface area contributed by atoms with Crippen molar-refractivity contribution in [2.75, 3.05) is 32.1 Å². The number of aryl methyl sites for hydroxylation is 1. The minimum absolute atomic E-state index is 0. The van der Waals surface area contributed by atoms with Crippen LogP contribution >= 0.6 is 39.9 Å². The normalized spacial score (nSPS) is 16.9. The Kier molecular flexibility index (Phi) is 10.4. The van der Waals surface area contributed by atoms with E-state index in [1.54, 1.807) is 7.05 Å². The van der Waals surface area contributed by atoms with Crippen molar-refractivity contribution in [1.29, 1.82) is 0 Å². The van der Waals surface area contributed by atoms with Crippen molar-refractivity contribution in [1.82, 2.24) is 10.6 Å². The zero-order chi connectivity index (χ0) is 17.4. The highest BCUT2D eigenvalue weighted by molar-refractivity contribution is 14.0. The van der Waals surface area contributed by atoms with Gasteiger partial charge in [0.05, 0.1) is 6.10 Å². The Bertz CT molecular complexity index is 592. The first-order chi connectivity index (χ1) is 11.6. The molecule has 1 atom stereocenters. The largest absolute Gasteiger partial charge is 0.376 e. The number of hydrogen-bond donors (Lipinski definition) is 3. The molecule has 1 saturated heterocycles. The second-order valence-electron chi connectivity index (χ2n) is 5.77. The van der Waals surface area contributed by atoms with Gasteiger partial charge in [0, 0.05) is 43.3 Å². The van der Waals surface area contributed by atoms with Gasteiger partial charge in [0.15, 0.2) is 5.96 Å². The molecule has 1 aliphatic heterocycles. The third-order valence-corrected chi connectivity index (χ3v) is 4.36. The van der Waals surface area contributed by atoms with Crippen molar-refractivity contribution in [2.24, 2.45) is 4.99 Å². The van der Waals surface area contributed by atoms with Gasteiger partial charge in [0.25, 0.3) is 0 Å². The van der Waals surface area contributed by atoms with Crippen molar-refractivity contribution in [3.8, 4) is 0 Å². The van der Waals surface area contributed by atoms with Crippen LogP contribution in [0.3, 0.4) is 0 Å². The predicted octanol–water partition coefficient (Wildman–Crippen LogP) is 3.05. The molecule has 0 saturated carbocycles. The number of rotatable bonds is 6. The summed E-state index contributed by atoms with van der Waals surface area (Å²) < 4.78 is 6.51. The summed E-state index contributed by atoms with van der Waals surface area (Å²) in [6.07, 6.45) is 2.82. The van der Waals surface area contributed by atoms with Crippen LogP contribution in [0.4, 0.5) is 5.69 Å². The summed E-state index contributed by atoms with van der Waals surface area (Å²) in [5, 5.41) is 9.31. The molecule has 1 aromatic rings. The lowest BCUT2D eigenvalue weighted by Gasteiger charge is -2.15. The van der Waals surface area contributed by atoms with Crippen LogP contribution in [0.2, 0.25) is 0 Å². The predicted molar refractivity (Wildman–Crippen MR) is 116 cm³/mol. The number of aliphatic imine (C=N–C) groups is 1. The van der Waals surface area contributed by atoms with E-state index < -0.39 is 0 Å². The van der Waals surface area contributed by atoms with Crippen LogP contribution < -0.4 is 16.0 Å². The summed E-state index contributed by atoms with van der Waals surface area (Å²) >= 11 is 3.41. The molecular weight excluding hydrogens is 499 g/mol. The first-order valence-corrected chi connectivity index (χ1v) is 9.00. The standard InChI is InChI=1S/C17H25BrN4O2.HI/c1-12-5-6-13(18)10-15(12)22-16(23)7-8-20-17(19-2)21-11-14-4-3-9-24-14;/h5-6,10,14H,3-4,7-9,11H2,1-2H3,(H,22,23)(H2,19,20,21);1H. The molecule has 0 aliphatic carbocycles. The molecule has 8 heteroatoms. The molecule has 0 bridgehead atoms. The average Bonchev–Trinajstić information content (AvgIpc) is 3.07. The fourth-order valence-corrected chi connectivity index (χ4v) is 2.83. The summed E-state index contributed by atoms with van der Waals surface area (Å²) in [6.45, 7) is 4.07. The molecule has 0 aromatic heterocycles. The van der Waals surface area contributed by atoms with E-state index in [9.17, 15) is 4.79 Å². The topological polar surface area (TPSA) is 74.8 Å². The summed E-state index contributed by atoms with van der Waals surface area (Å²) in [5.41, 5.74) is 1.86. The number of amides is 1. The van der Waals surface area contributed by atoms with Crippen molar-refractivity contribution >= 4 is 57.5 Å². The Morgan fingerprint density at radius 1 is 1.40 bits per heavy atom. The maximum Gasteiger partial charge on any atom is 0.226 e. The number of benzene rings is 1. The van der Waals surface area contributed by atoms with E-state index in [0.29, 0.717) is 18.9 Å². The first kappa shape index (κ1) is 22.2. The maximum atomic E-state index is 12.1. The van der Waals surface area contributed by atoms with Crippen LogP contribution in [-0.4, -0.2) is 44.7 Å². The fourth-order valence-electron chi connectivity index (χ4n) is 2.47. The smallest absolute Gasteiger partial charge is 0.226 e. The van der Waals surface area contributed by atoms with Gasteiger partial charge in [-0.2, -0.15) is 0 Å². The maximum absolute atomic E-state index is 12.1. The molecule has 1 aliphatic rings. The van der Waals surface area contributed by atoms with Gasteiger partial charge in [-0.05, 0) is 37.5 Å². The Morgan fingerprint density at radius 2 is 2.20 bits per heavy atom. The van der Waals surface area contributed by atoms with Crippen LogP contribution in [0.1, 0.15) is 24.8 Å². The van der Waals surface area contributed by atoms with Crippen LogP contribution in [0.25, 0.3) is 0 Å². The lowest BCUT2D eigenvalue weighted by molar-refractivity contribution is -0.116. The van der Waals surface area contributed by atoms with E-state index in [-0.39, 0.29) is 36.0 Å². The van der Waals surface area contributed by atoms with Crippen LogP contribution in [0.5, 0.6) is 0 Å². The number of halogens is 2. The number of carbonyl (C=O) groups is 1. The first-order valence-electron chi connectivity index (χ1n) is 8.20. The molecule has 1 aromatic carbocycles. The molecule has 6 nitrogen and oxygen atoms in total. The molecule has 1 unspecified atom stereocenters. The lowest BCUT2D eigenvalue weighted by atomic mass is 10.2. The molecule has 25 heavy (non-hydrogen) atoms. The third kappa shape index (κ3) is 7.91. The summed E-state index contributed by atoms with van der Waals surface area (Å²) in [4.78, 5) is 16.2. The van der Waals surface area contributed by atoms with E-state index in [4.69, 9.17) is 4.74 Å². The number of ether oxygens (including phenoxy) is 1. The van der Waals surface area contributed by atoms with Gasteiger partial charge in [-0.15, -0.1) is 24.0 Å². The van der Waals surface area contributed by atoms with E-state index in [1.165, 1.54) is 0 Å². The average molecular weight is 525 g/mol. The van der Waals surface area contributed by atoms with Crippen LogP contribution in [-0.2, 0) is 9.53 Å². The summed E-state index contributed by atoms with van der Waals surface area (Å²) in [6, 6.07) is 5.83. The van der Waals surface area contributed by atoms with Crippen molar-refractivity contribution in [2.45, 2.75) is 32.3 Å². The van der Waals surface area contributed by atoms with Crippen molar-refractivity contribution in [3.63, 3.8) is 0 Å². The highest BCUT2D eigenvalue weighted by atomic mass is 127. The van der Waals surface area contributed by atoms with Gasteiger partial charge in [-0.1, -0.05) is 22.0 Å². The number of nitrogens with zero attached hydrogens (tertiary/aromatic N) is 1. The second-order valence-corrected chi connectivity index (χ2v) is 6.69. The molecular formula is C17H26BrIN4O2. The second kappa shape index (κ2) is 11.7. The SMILES string of the molecule is CN=C(NCCC(=O)Nc1cc(Br)ccc1C)NCC1CCCO1.I. The number of carbonyl (C=O) groups excluding carboxylic acids is 1. The fraction of sp³-hybridized carbons (Fsp3) is 0.529. The number of anilines is 1. The summed E-state index contributed by atoms with van der Waals surface area (Å²) in [7, 11) is 1.72. The molecule has 2 rings (SSSR count). The van der Waals surface area contributed by atoms with Gasteiger partial charge in [0.2, 0.25) is 5.91 Å². The minimum Gasteiger partial charge on any atom is -0.376 e. The molecule has 0 radical (unpaired) electrons. The van der Waals surface area contributed by atoms with Gasteiger partial charge in [-0.25, -0.2) is 0 Å². The Labute approximate surface area is 174 Å². The molecule has 3 N–H and O–H groups in total. The third-order valence-electron chi connectivity index (χ3n) is 3.86. The summed E-state index contributed by atoms with van der Waals surface area (Å²) in [5.74, 6) is 0.662. The Balaban J connectivity index is 0.00000312. The molecule has 1 heterocycles. The zero-order valence-electron chi connectivity index (χ0n) is 14.6. The van der Waals surface area contributed by atoms with E-state index in [1.807, 2.05) is 25.1 Å². The number of guanidine groups is 1. The highest BCUT2D eigenvalue weighted by Crippen LogP contribution is 2.20. The highest BCUT2D eigenvalue weighted by Gasteiger charge is 2.15. The van der Waals surface area contributed by atoms with E-state index in [0.717, 1.165) is 41.7 Å². The number of hydrogen-bond acceptors (Lipinski definition) is 3. The monoisotopic (exact) mass is 524 g/mol. The molecule has 1 amide bonds. The Morgan fingerprint density at radius 3 is 2.88 bits per heavy atom. The minimum atomic E-state index is -0.0294. The molecule has 1 fully saturated rings. The molecule has 140 valence electrons. The van der Waals surface area contributed by atoms with E-state index in [2.05, 4.69) is 36.9 Å². The van der Waals surface area contributed by atoms with Crippen molar-refractivity contribution in [3.05, 3.63) is 28.2 Å². The van der Waals surface area contributed by atoms with Crippen LogP contribution in [0.15, 0.2) is 27.7 Å². The zero-order valence-corrected chi connectivity index (χ0v) is 18.5. The lowest BCUT2D eigenvalue weighted by Crippen LogP contribution is -2.41. The van der Waals surface area contributed by atoms with Crippen LogP contribution in [0, 0.1) is 6.92 Å². The van der Waals surface area contributed by atoms with Gasteiger partial charge < -0.3 is 20.7 Å². The Hall–Kier alpha value is -0.870. The quantitative estimate of drug-likeness (QED) is 0.304. The number of nitrogens with one attached hydrogen (secondary N) is 3. The van der Waals surface area contributed by atoms with Gasteiger partial charge in [0.1, 0.15) is 0 Å². The van der Waals surface area contributed by atoms with E-state index >= 15 is 0 Å². The van der Waals surface area contributed by atoms with Crippen molar-refractivity contribution < 1.29 is 9.53 Å². The molecule has 0 spiro atoms. The van der Waals surface area contributed by atoms with Gasteiger partial charge >= 0.3 is 0 Å².